The summed E-state index contributed by atoms with van der Waals surface area (Å²) in [7, 11) is 1.61. The highest BCUT2D eigenvalue weighted by atomic mass is 16.5. The third-order valence-corrected chi connectivity index (χ3v) is 3.58. The molecule has 0 saturated heterocycles. The van der Waals surface area contributed by atoms with Gasteiger partial charge in [-0.25, -0.2) is 0 Å². The molecule has 20 heavy (non-hydrogen) atoms. The minimum absolute atomic E-state index is 0.0103. The largest absolute Gasteiger partial charge is 0.497 e. The fourth-order valence-corrected chi connectivity index (χ4v) is 2.52. The molecule has 1 aliphatic heterocycles. The maximum absolute atomic E-state index is 12.5. The van der Waals surface area contributed by atoms with E-state index in [0.717, 1.165) is 29.1 Å². The van der Waals surface area contributed by atoms with Crippen LogP contribution in [-0.4, -0.2) is 19.6 Å². The number of carbonyl (C=O) groups is 1. The Bertz CT molecular complexity index is 650. The van der Waals surface area contributed by atoms with Crippen LogP contribution in [0.3, 0.4) is 0 Å². The summed E-state index contributed by atoms with van der Waals surface area (Å²) in [6.45, 7) is 0.698. The van der Waals surface area contributed by atoms with E-state index < -0.39 is 0 Å². The van der Waals surface area contributed by atoms with Gasteiger partial charge >= 0.3 is 0 Å². The van der Waals surface area contributed by atoms with E-state index in [1.165, 1.54) is 0 Å². The SMILES string of the molecule is COc1ccc(C(=O)N2CCc3cc(N)ccc32)cc1. The van der Waals surface area contributed by atoms with Gasteiger partial charge in [0.05, 0.1) is 7.11 Å². The number of nitrogens with zero attached hydrogens (tertiary/aromatic N) is 1. The van der Waals surface area contributed by atoms with Crippen molar-refractivity contribution in [2.24, 2.45) is 0 Å². The van der Waals surface area contributed by atoms with Crippen molar-refractivity contribution in [1.29, 1.82) is 0 Å². The highest BCUT2D eigenvalue weighted by Crippen LogP contribution is 2.31. The van der Waals surface area contributed by atoms with Crippen LogP contribution in [0.25, 0.3) is 0 Å². The van der Waals surface area contributed by atoms with Gasteiger partial charge in [0.1, 0.15) is 5.75 Å². The third-order valence-electron chi connectivity index (χ3n) is 3.58. The fourth-order valence-electron chi connectivity index (χ4n) is 2.52. The van der Waals surface area contributed by atoms with Crippen molar-refractivity contribution in [3.8, 4) is 5.75 Å². The summed E-state index contributed by atoms with van der Waals surface area (Å²) in [5.41, 5.74) is 9.27. The monoisotopic (exact) mass is 268 g/mol. The first-order chi connectivity index (χ1) is 9.69. The van der Waals surface area contributed by atoms with Crippen molar-refractivity contribution in [1.82, 2.24) is 0 Å². The molecular weight excluding hydrogens is 252 g/mol. The Morgan fingerprint density at radius 2 is 1.95 bits per heavy atom. The van der Waals surface area contributed by atoms with E-state index in [4.69, 9.17) is 10.5 Å². The van der Waals surface area contributed by atoms with E-state index in [1.54, 1.807) is 36.3 Å². The van der Waals surface area contributed by atoms with Crippen LogP contribution in [0, 0.1) is 0 Å². The summed E-state index contributed by atoms with van der Waals surface area (Å²) in [4.78, 5) is 14.4. The Hall–Kier alpha value is -2.49. The lowest BCUT2D eigenvalue weighted by atomic mass is 10.1. The number of anilines is 2. The maximum Gasteiger partial charge on any atom is 0.258 e. The average molecular weight is 268 g/mol. The van der Waals surface area contributed by atoms with E-state index in [0.29, 0.717) is 12.1 Å². The van der Waals surface area contributed by atoms with Crippen molar-refractivity contribution in [3.05, 3.63) is 53.6 Å². The number of nitrogen functional groups attached to an aromatic ring is 1. The zero-order valence-corrected chi connectivity index (χ0v) is 11.3. The van der Waals surface area contributed by atoms with Gasteiger partial charge < -0.3 is 15.4 Å². The van der Waals surface area contributed by atoms with Gasteiger partial charge in [0.2, 0.25) is 0 Å². The normalized spacial score (nSPS) is 13.2. The van der Waals surface area contributed by atoms with Crippen molar-refractivity contribution in [2.75, 3.05) is 24.3 Å². The van der Waals surface area contributed by atoms with Gasteiger partial charge in [-0.3, -0.25) is 4.79 Å². The van der Waals surface area contributed by atoms with Crippen molar-refractivity contribution < 1.29 is 9.53 Å². The molecule has 0 fully saturated rings. The molecule has 4 heteroatoms. The minimum atomic E-state index is 0.0103. The standard InChI is InChI=1S/C16H16N2O2/c1-20-14-5-2-11(3-6-14)16(19)18-9-8-12-10-13(17)4-7-15(12)18/h2-7,10H,8-9,17H2,1H3. The number of nitrogens with two attached hydrogens (primary N) is 1. The second-order valence-electron chi connectivity index (χ2n) is 4.82. The average Bonchev–Trinajstić information content (AvgIpc) is 2.89. The topological polar surface area (TPSA) is 55.6 Å². The Labute approximate surface area is 117 Å². The smallest absolute Gasteiger partial charge is 0.258 e. The van der Waals surface area contributed by atoms with Crippen molar-refractivity contribution in [3.63, 3.8) is 0 Å². The number of benzene rings is 2. The number of hydrogen-bond donors (Lipinski definition) is 1. The first-order valence-corrected chi connectivity index (χ1v) is 6.53. The summed E-state index contributed by atoms with van der Waals surface area (Å²) in [5, 5.41) is 0. The molecule has 0 spiro atoms. The molecule has 1 amide bonds. The van der Waals surface area contributed by atoms with Crippen LogP contribution in [0.4, 0.5) is 11.4 Å². The molecule has 0 aliphatic carbocycles. The minimum Gasteiger partial charge on any atom is -0.497 e. The summed E-state index contributed by atoms with van der Waals surface area (Å²) < 4.78 is 5.11. The van der Waals surface area contributed by atoms with Gasteiger partial charge in [0, 0.05) is 23.5 Å². The van der Waals surface area contributed by atoms with E-state index in [-0.39, 0.29) is 5.91 Å². The molecule has 2 aromatic rings. The molecule has 0 saturated carbocycles. The molecule has 3 rings (SSSR count). The molecule has 0 radical (unpaired) electrons. The number of rotatable bonds is 2. The zero-order chi connectivity index (χ0) is 14.1. The van der Waals surface area contributed by atoms with Crippen LogP contribution in [0.5, 0.6) is 5.75 Å². The summed E-state index contributed by atoms with van der Waals surface area (Å²) >= 11 is 0. The van der Waals surface area contributed by atoms with Gasteiger partial charge in [0.15, 0.2) is 0 Å². The molecule has 2 N–H and O–H groups in total. The first-order valence-electron chi connectivity index (χ1n) is 6.53. The third kappa shape index (κ3) is 2.09. The lowest BCUT2D eigenvalue weighted by Gasteiger charge is -2.17. The van der Waals surface area contributed by atoms with Gasteiger partial charge in [-0.05, 0) is 54.4 Å². The molecule has 102 valence electrons. The second-order valence-corrected chi connectivity index (χ2v) is 4.82. The van der Waals surface area contributed by atoms with E-state index >= 15 is 0 Å². The van der Waals surface area contributed by atoms with Crippen LogP contribution >= 0.6 is 0 Å². The van der Waals surface area contributed by atoms with E-state index in [9.17, 15) is 4.79 Å². The van der Waals surface area contributed by atoms with Gasteiger partial charge in [-0.2, -0.15) is 0 Å². The first kappa shape index (κ1) is 12.5. The fraction of sp³-hybridized carbons (Fsp3) is 0.188. The van der Waals surface area contributed by atoms with Gasteiger partial charge in [-0.1, -0.05) is 0 Å². The second kappa shape index (κ2) is 4.89. The Morgan fingerprint density at radius 1 is 1.20 bits per heavy atom. The number of hydrogen-bond acceptors (Lipinski definition) is 3. The maximum atomic E-state index is 12.5. The lowest BCUT2D eigenvalue weighted by molar-refractivity contribution is 0.0989. The Balaban J connectivity index is 1.89. The highest BCUT2D eigenvalue weighted by Gasteiger charge is 2.25. The molecule has 0 aromatic heterocycles. The molecule has 0 bridgehead atoms. The van der Waals surface area contributed by atoms with Crippen LogP contribution in [0.1, 0.15) is 15.9 Å². The molecule has 0 atom stereocenters. The molecule has 0 unspecified atom stereocenters. The summed E-state index contributed by atoms with van der Waals surface area (Å²) in [6, 6.07) is 12.9. The molecular formula is C16H16N2O2. The van der Waals surface area contributed by atoms with Crippen molar-refractivity contribution in [2.45, 2.75) is 6.42 Å². The number of carbonyl (C=O) groups excluding carboxylic acids is 1. The predicted octanol–water partition coefficient (Wildman–Crippen LogP) is 2.48. The Morgan fingerprint density at radius 3 is 2.65 bits per heavy atom. The summed E-state index contributed by atoms with van der Waals surface area (Å²) in [5.74, 6) is 0.757. The molecule has 1 heterocycles. The van der Waals surface area contributed by atoms with Crippen LogP contribution in [-0.2, 0) is 6.42 Å². The van der Waals surface area contributed by atoms with Crippen LogP contribution < -0.4 is 15.4 Å². The number of fused-ring (bicyclic) bond motifs is 1. The predicted molar refractivity (Wildman–Crippen MR) is 79.2 cm³/mol. The van der Waals surface area contributed by atoms with Crippen LogP contribution in [0.2, 0.25) is 0 Å². The van der Waals surface area contributed by atoms with Gasteiger partial charge in [-0.15, -0.1) is 0 Å². The Kier molecular flexibility index (Phi) is 3.06. The number of methoxy groups -OCH3 is 1. The molecule has 1 aliphatic rings. The van der Waals surface area contributed by atoms with Crippen molar-refractivity contribution >= 4 is 17.3 Å². The molecule has 4 nitrogen and oxygen atoms in total. The van der Waals surface area contributed by atoms with E-state index in [2.05, 4.69) is 0 Å². The number of ether oxygens (including phenoxy) is 1. The molecule has 2 aromatic carbocycles. The zero-order valence-electron chi connectivity index (χ0n) is 11.3. The summed E-state index contributed by atoms with van der Waals surface area (Å²) in [6.07, 6.45) is 0.849. The number of amides is 1. The van der Waals surface area contributed by atoms with Crippen LogP contribution in [0.15, 0.2) is 42.5 Å². The van der Waals surface area contributed by atoms with E-state index in [1.807, 2.05) is 18.2 Å². The lowest BCUT2D eigenvalue weighted by Crippen LogP contribution is -2.28. The highest BCUT2D eigenvalue weighted by molar-refractivity contribution is 6.07. The van der Waals surface area contributed by atoms with Gasteiger partial charge in [0.25, 0.3) is 5.91 Å². The quantitative estimate of drug-likeness (QED) is 0.851.